The molecule has 0 unspecified atom stereocenters. The summed E-state index contributed by atoms with van der Waals surface area (Å²) in [5.41, 5.74) is 0.728. The molecule has 0 aromatic heterocycles. The van der Waals surface area contributed by atoms with Crippen molar-refractivity contribution in [2.45, 2.75) is 49.8 Å². The lowest BCUT2D eigenvalue weighted by Gasteiger charge is -2.22. The van der Waals surface area contributed by atoms with Crippen LogP contribution >= 0.6 is 0 Å². The van der Waals surface area contributed by atoms with Gasteiger partial charge in [0.25, 0.3) is 10.0 Å². The van der Waals surface area contributed by atoms with E-state index in [1.54, 1.807) is 12.1 Å². The largest absolute Gasteiger partial charge is 0.356 e. The lowest BCUT2D eigenvalue weighted by Crippen LogP contribution is -2.32. The zero-order valence-corrected chi connectivity index (χ0v) is 16.3. The molecule has 6 heteroatoms. The fraction of sp³-hybridized carbons (Fsp3) is 0.476. The summed E-state index contributed by atoms with van der Waals surface area (Å²) in [6.45, 7) is 1.08. The molecular weight excluding hydrogens is 360 g/mol. The maximum absolute atomic E-state index is 12.9. The van der Waals surface area contributed by atoms with Crippen LogP contribution in [0.25, 0.3) is 10.8 Å². The first kappa shape index (κ1) is 18.3. The first-order chi connectivity index (χ1) is 13.1. The summed E-state index contributed by atoms with van der Waals surface area (Å²) in [6, 6.07) is 11.0. The molecule has 0 saturated heterocycles. The first-order valence-corrected chi connectivity index (χ1v) is 11.3. The van der Waals surface area contributed by atoms with Crippen molar-refractivity contribution in [2.24, 2.45) is 5.92 Å². The average Bonchev–Trinajstić information content (AvgIpc) is 2.90. The molecule has 5 nitrogen and oxygen atoms in total. The predicted molar refractivity (Wildman–Crippen MR) is 107 cm³/mol. The van der Waals surface area contributed by atoms with Crippen LogP contribution in [0, 0.1) is 5.92 Å². The molecule has 1 fully saturated rings. The van der Waals surface area contributed by atoms with Crippen LogP contribution in [0.15, 0.2) is 41.3 Å². The second-order valence-electron chi connectivity index (χ2n) is 7.62. The molecule has 1 amide bonds. The van der Waals surface area contributed by atoms with Gasteiger partial charge in [0.2, 0.25) is 5.91 Å². The van der Waals surface area contributed by atoms with Gasteiger partial charge in [0.05, 0.1) is 10.6 Å². The molecule has 1 heterocycles. The Balaban J connectivity index is 1.36. The third-order valence-corrected chi connectivity index (χ3v) is 7.61. The number of benzene rings is 2. The minimum absolute atomic E-state index is 0.0212. The standard InChI is InChI=1S/C21H26N2O3S/c24-20(22-15-16-7-2-1-3-8-16)13-6-14-23-18-11-4-9-17-10-5-12-19(21(17)18)27(23,25)26/h4-5,9-12,16H,1-3,6-8,13-15H2,(H,22,24). The molecule has 2 aromatic carbocycles. The second kappa shape index (κ2) is 7.50. The van der Waals surface area contributed by atoms with Crippen LogP contribution in [0.3, 0.4) is 0 Å². The van der Waals surface area contributed by atoms with E-state index >= 15 is 0 Å². The van der Waals surface area contributed by atoms with Crippen molar-refractivity contribution < 1.29 is 13.2 Å². The Kier molecular flexibility index (Phi) is 5.08. The number of amides is 1. The molecule has 27 heavy (non-hydrogen) atoms. The highest BCUT2D eigenvalue weighted by atomic mass is 32.2. The number of nitrogens with zero attached hydrogens (tertiary/aromatic N) is 1. The SMILES string of the molecule is O=C(CCCN1c2cccc3cccc(c23)S1(=O)=O)NCC1CCCCC1. The second-order valence-corrected chi connectivity index (χ2v) is 9.45. The zero-order chi connectivity index (χ0) is 18.9. The van der Waals surface area contributed by atoms with Gasteiger partial charge in [0.15, 0.2) is 0 Å². The van der Waals surface area contributed by atoms with Gasteiger partial charge in [-0.2, -0.15) is 0 Å². The summed E-state index contributed by atoms with van der Waals surface area (Å²) in [7, 11) is -3.52. The van der Waals surface area contributed by atoms with E-state index in [1.165, 1.54) is 36.4 Å². The predicted octanol–water partition coefficient (Wildman–Crippen LogP) is 3.83. The molecule has 4 rings (SSSR count). The zero-order valence-electron chi connectivity index (χ0n) is 15.5. The van der Waals surface area contributed by atoms with Gasteiger partial charge >= 0.3 is 0 Å². The van der Waals surface area contributed by atoms with Gasteiger partial charge in [-0.3, -0.25) is 9.10 Å². The van der Waals surface area contributed by atoms with Gasteiger partial charge in [-0.25, -0.2) is 8.42 Å². The smallest absolute Gasteiger partial charge is 0.265 e. The maximum Gasteiger partial charge on any atom is 0.265 e. The van der Waals surface area contributed by atoms with E-state index in [-0.39, 0.29) is 5.91 Å². The quantitative estimate of drug-likeness (QED) is 0.821. The average molecular weight is 387 g/mol. The van der Waals surface area contributed by atoms with Crippen LogP contribution in [0.2, 0.25) is 0 Å². The molecule has 144 valence electrons. The number of anilines is 1. The summed E-state index contributed by atoms with van der Waals surface area (Å²) in [5, 5.41) is 4.75. The molecule has 1 aliphatic heterocycles. The molecule has 0 atom stereocenters. The van der Waals surface area contributed by atoms with Crippen LogP contribution in [0.4, 0.5) is 5.69 Å². The molecular formula is C21H26N2O3S. The highest BCUT2D eigenvalue weighted by Gasteiger charge is 2.35. The maximum atomic E-state index is 12.9. The van der Waals surface area contributed by atoms with Crippen molar-refractivity contribution in [3.63, 3.8) is 0 Å². The third-order valence-electron chi connectivity index (χ3n) is 5.76. The minimum Gasteiger partial charge on any atom is -0.356 e. The van der Waals surface area contributed by atoms with E-state index in [4.69, 9.17) is 0 Å². The number of hydrogen-bond donors (Lipinski definition) is 1. The van der Waals surface area contributed by atoms with Crippen molar-refractivity contribution in [1.29, 1.82) is 0 Å². The third kappa shape index (κ3) is 3.55. The van der Waals surface area contributed by atoms with Crippen molar-refractivity contribution >= 4 is 32.4 Å². The minimum atomic E-state index is -3.52. The lowest BCUT2D eigenvalue weighted by molar-refractivity contribution is -0.121. The Bertz CT molecular complexity index is 944. The summed E-state index contributed by atoms with van der Waals surface area (Å²) in [5.74, 6) is 0.627. The van der Waals surface area contributed by atoms with Gasteiger partial charge in [0.1, 0.15) is 0 Å². The number of carbonyl (C=O) groups is 1. The van der Waals surface area contributed by atoms with Crippen molar-refractivity contribution in [1.82, 2.24) is 5.32 Å². The highest BCUT2D eigenvalue weighted by Crippen LogP contribution is 2.41. The summed E-state index contributed by atoms with van der Waals surface area (Å²) >= 11 is 0. The van der Waals surface area contributed by atoms with Crippen molar-refractivity contribution in [3.05, 3.63) is 36.4 Å². The van der Waals surface area contributed by atoms with Crippen LogP contribution in [0.1, 0.15) is 44.9 Å². The Morgan fingerprint density at radius 2 is 1.81 bits per heavy atom. The van der Waals surface area contributed by atoms with Crippen LogP contribution in [-0.4, -0.2) is 27.4 Å². The van der Waals surface area contributed by atoms with E-state index in [0.29, 0.717) is 30.2 Å². The molecule has 2 aliphatic rings. The number of sulfonamides is 1. The first-order valence-electron chi connectivity index (χ1n) is 9.88. The van der Waals surface area contributed by atoms with Crippen LogP contribution < -0.4 is 9.62 Å². The van der Waals surface area contributed by atoms with Gasteiger partial charge in [0, 0.05) is 24.9 Å². The number of carbonyl (C=O) groups excluding carboxylic acids is 1. The van der Waals surface area contributed by atoms with Gasteiger partial charge in [-0.15, -0.1) is 0 Å². The Labute approximate surface area is 160 Å². The monoisotopic (exact) mass is 386 g/mol. The van der Waals surface area contributed by atoms with E-state index in [2.05, 4.69) is 5.32 Å². The molecule has 2 aromatic rings. The Hall–Kier alpha value is -2.08. The molecule has 1 N–H and O–H groups in total. The lowest BCUT2D eigenvalue weighted by atomic mass is 9.89. The normalized spacial score (nSPS) is 18.7. The van der Waals surface area contributed by atoms with Gasteiger partial charge in [-0.05, 0) is 42.7 Å². The Morgan fingerprint density at radius 3 is 2.59 bits per heavy atom. The molecule has 0 spiro atoms. The molecule has 1 saturated carbocycles. The topological polar surface area (TPSA) is 66.5 Å². The van der Waals surface area contributed by atoms with Crippen LogP contribution in [0.5, 0.6) is 0 Å². The van der Waals surface area contributed by atoms with Gasteiger partial charge < -0.3 is 5.32 Å². The highest BCUT2D eigenvalue weighted by molar-refractivity contribution is 7.93. The van der Waals surface area contributed by atoms with Crippen molar-refractivity contribution in [3.8, 4) is 0 Å². The fourth-order valence-electron chi connectivity index (χ4n) is 4.32. The van der Waals surface area contributed by atoms with E-state index in [1.807, 2.05) is 24.3 Å². The summed E-state index contributed by atoms with van der Waals surface area (Å²) in [6.07, 6.45) is 7.11. The van der Waals surface area contributed by atoms with E-state index < -0.39 is 10.0 Å². The van der Waals surface area contributed by atoms with E-state index in [9.17, 15) is 13.2 Å². The number of nitrogens with one attached hydrogen (secondary N) is 1. The van der Waals surface area contributed by atoms with Crippen LogP contribution in [-0.2, 0) is 14.8 Å². The molecule has 0 radical (unpaired) electrons. The molecule has 0 bridgehead atoms. The van der Waals surface area contributed by atoms with Crippen molar-refractivity contribution in [2.75, 3.05) is 17.4 Å². The van der Waals surface area contributed by atoms with Gasteiger partial charge in [-0.1, -0.05) is 43.5 Å². The Morgan fingerprint density at radius 1 is 1.07 bits per heavy atom. The number of rotatable bonds is 6. The number of hydrogen-bond acceptors (Lipinski definition) is 3. The molecule has 1 aliphatic carbocycles. The van der Waals surface area contributed by atoms with E-state index in [0.717, 1.165) is 23.0 Å². The summed E-state index contributed by atoms with van der Waals surface area (Å²) < 4.78 is 27.3. The fourth-order valence-corrected chi connectivity index (χ4v) is 6.07. The summed E-state index contributed by atoms with van der Waals surface area (Å²) in [4.78, 5) is 12.5.